The summed E-state index contributed by atoms with van der Waals surface area (Å²) in [6.07, 6.45) is 0.786. The van der Waals surface area contributed by atoms with Crippen molar-refractivity contribution in [2.24, 2.45) is 5.92 Å². The summed E-state index contributed by atoms with van der Waals surface area (Å²) in [4.78, 5) is 0. The number of ether oxygens (including phenoxy) is 2. The second-order valence-corrected chi connectivity index (χ2v) is 6.60. The molecular weight excluding hydrogens is 266 g/mol. The lowest BCUT2D eigenvalue weighted by molar-refractivity contribution is 0.0363. The van der Waals surface area contributed by atoms with Crippen LogP contribution in [0.4, 0.5) is 0 Å². The van der Waals surface area contributed by atoms with E-state index in [1.54, 1.807) is 0 Å². The molecule has 0 fully saturated rings. The molecule has 1 aromatic carbocycles. The van der Waals surface area contributed by atoms with Crippen molar-refractivity contribution < 1.29 is 14.6 Å². The minimum Gasteiger partial charge on any atom is -0.486 e. The Morgan fingerprint density at radius 1 is 1.19 bits per heavy atom. The van der Waals surface area contributed by atoms with E-state index in [1.807, 2.05) is 25.1 Å². The van der Waals surface area contributed by atoms with Gasteiger partial charge in [0.15, 0.2) is 11.5 Å². The molecule has 0 amide bonds. The van der Waals surface area contributed by atoms with Gasteiger partial charge in [0, 0.05) is 12.6 Å². The van der Waals surface area contributed by atoms with Crippen molar-refractivity contribution in [3.8, 4) is 11.5 Å². The quantitative estimate of drug-likeness (QED) is 0.847. The number of benzene rings is 1. The lowest BCUT2D eigenvalue weighted by Gasteiger charge is -2.28. The van der Waals surface area contributed by atoms with Crippen molar-refractivity contribution in [2.75, 3.05) is 19.8 Å². The molecule has 0 saturated heterocycles. The molecule has 2 unspecified atom stereocenters. The third kappa shape index (κ3) is 4.61. The van der Waals surface area contributed by atoms with Crippen molar-refractivity contribution in [3.63, 3.8) is 0 Å². The average molecular weight is 293 g/mol. The van der Waals surface area contributed by atoms with Crippen molar-refractivity contribution in [1.82, 2.24) is 5.32 Å². The van der Waals surface area contributed by atoms with Crippen LogP contribution in [0.1, 0.15) is 45.7 Å². The molecule has 0 aliphatic carbocycles. The molecule has 2 N–H and O–H groups in total. The Bertz CT molecular complexity index is 471. The van der Waals surface area contributed by atoms with Crippen LogP contribution in [-0.4, -0.2) is 30.5 Å². The molecule has 0 spiro atoms. The summed E-state index contributed by atoms with van der Waals surface area (Å²) in [6.45, 7) is 10.0. The number of hydrogen-bond acceptors (Lipinski definition) is 4. The standard InChI is InChI=1S/C17H27NO3/c1-12(2)10-17(4,19)11-18-13(3)14-5-6-15-16(9-14)21-8-7-20-15/h5-6,9,12-13,18-19H,7-8,10-11H2,1-4H3. The zero-order valence-electron chi connectivity index (χ0n) is 13.5. The van der Waals surface area contributed by atoms with E-state index in [-0.39, 0.29) is 6.04 Å². The Balaban J connectivity index is 1.95. The first-order chi connectivity index (χ1) is 9.87. The summed E-state index contributed by atoms with van der Waals surface area (Å²) >= 11 is 0. The molecule has 1 aliphatic heterocycles. The van der Waals surface area contributed by atoms with Crippen LogP contribution in [0.15, 0.2) is 18.2 Å². The lowest BCUT2D eigenvalue weighted by atomic mass is 9.94. The van der Waals surface area contributed by atoms with Gasteiger partial charge < -0.3 is 19.9 Å². The Morgan fingerprint density at radius 3 is 2.52 bits per heavy atom. The summed E-state index contributed by atoms with van der Waals surface area (Å²) in [6, 6.07) is 6.17. The molecule has 21 heavy (non-hydrogen) atoms. The molecule has 2 atom stereocenters. The summed E-state index contributed by atoms with van der Waals surface area (Å²) < 4.78 is 11.1. The number of nitrogens with one attached hydrogen (secondary N) is 1. The van der Waals surface area contributed by atoms with Gasteiger partial charge in [-0.05, 0) is 43.9 Å². The highest BCUT2D eigenvalue weighted by molar-refractivity contribution is 5.44. The van der Waals surface area contributed by atoms with Gasteiger partial charge in [-0.2, -0.15) is 0 Å². The second-order valence-electron chi connectivity index (χ2n) is 6.60. The minimum atomic E-state index is -0.684. The number of fused-ring (bicyclic) bond motifs is 1. The normalized spacial score (nSPS) is 18.4. The van der Waals surface area contributed by atoms with Gasteiger partial charge >= 0.3 is 0 Å². The fourth-order valence-corrected chi connectivity index (χ4v) is 2.77. The molecular formula is C17H27NO3. The Labute approximate surface area is 127 Å². The maximum atomic E-state index is 10.4. The van der Waals surface area contributed by atoms with Crippen LogP contribution in [-0.2, 0) is 0 Å². The van der Waals surface area contributed by atoms with E-state index < -0.39 is 5.60 Å². The van der Waals surface area contributed by atoms with Crippen LogP contribution in [0.25, 0.3) is 0 Å². The summed E-state index contributed by atoms with van der Waals surface area (Å²) in [5, 5.41) is 13.8. The largest absolute Gasteiger partial charge is 0.486 e. The maximum Gasteiger partial charge on any atom is 0.161 e. The smallest absolute Gasteiger partial charge is 0.161 e. The van der Waals surface area contributed by atoms with Gasteiger partial charge in [0.2, 0.25) is 0 Å². The Kier molecular flexibility index (Phi) is 5.12. The lowest BCUT2D eigenvalue weighted by Crippen LogP contribution is -2.39. The molecule has 4 heteroatoms. The molecule has 0 bridgehead atoms. The maximum absolute atomic E-state index is 10.4. The third-order valence-electron chi connectivity index (χ3n) is 3.70. The van der Waals surface area contributed by atoms with E-state index in [9.17, 15) is 5.11 Å². The second kappa shape index (κ2) is 6.67. The summed E-state index contributed by atoms with van der Waals surface area (Å²) in [5.74, 6) is 2.09. The monoisotopic (exact) mass is 293 g/mol. The van der Waals surface area contributed by atoms with E-state index in [4.69, 9.17) is 9.47 Å². The SMILES string of the molecule is CC(C)CC(C)(O)CNC(C)c1ccc2c(c1)OCCO2. The molecule has 1 aliphatic rings. The number of hydrogen-bond donors (Lipinski definition) is 2. The molecule has 0 aromatic heterocycles. The summed E-state index contributed by atoms with van der Waals surface area (Å²) in [7, 11) is 0. The zero-order chi connectivity index (χ0) is 15.5. The zero-order valence-corrected chi connectivity index (χ0v) is 13.5. The topological polar surface area (TPSA) is 50.7 Å². The molecule has 4 nitrogen and oxygen atoms in total. The third-order valence-corrected chi connectivity index (χ3v) is 3.70. The van der Waals surface area contributed by atoms with Gasteiger partial charge in [-0.15, -0.1) is 0 Å². The van der Waals surface area contributed by atoms with E-state index >= 15 is 0 Å². The molecule has 118 valence electrons. The first-order valence-electron chi connectivity index (χ1n) is 7.73. The van der Waals surface area contributed by atoms with Crippen LogP contribution < -0.4 is 14.8 Å². The molecule has 0 radical (unpaired) electrons. The predicted molar refractivity (Wildman–Crippen MR) is 83.9 cm³/mol. The summed E-state index contributed by atoms with van der Waals surface area (Å²) in [5.41, 5.74) is 0.454. The van der Waals surface area contributed by atoms with Crippen molar-refractivity contribution >= 4 is 0 Å². The predicted octanol–water partition coefficient (Wildman–Crippen LogP) is 2.91. The highest BCUT2D eigenvalue weighted by atomic mass is 16.6. The highest BCUT2D eigenvalue weighted by Crippen LogP contribution is 2.32. The van der Waals surface area contributed by atoms with E-state index in [1.165, 1.54) is 0 Å². The van der Waals surface area contributed by atoms with Crippen LogP contribution in [0.3, 0.4) is 0 Å². The number of aliphatic hydroxyl groups is 1. The highest BCUT2D eigenvalue weighted by Gasteiger charge is 2.23. The van der Waals surface area contributed by atoms with Crippen LogP contribution >= 0.6 is 0 Å². The number of rotatable bonds is 6. The van der Waals surface area contributed by atoms with E-state index in [0.29, 0.717) is 25.7 Å². The van der Waals surface area contributed by atoms with E-state index in [2.05, 4.69) is 26.1 Å². The van der Waals surface area contributed by atoms with Gasteiger partial charge in [0.25, 0.3) is 0 Å². The minimum absolute atomic E-state index is 0.152. The van der Waals surface area contributed by atoms with Crippen LogP contribution in [0, 0.1) is 5.92 Å². The van der Waals surface area contributed by atoms with E-state index in [0.717, 1.165) is 23.5 Å². The first kappa shape index (κ1) is 16.1. The van der Waals surface area contributed by atoms with Crippen molar-refractivity contribution in [2.45, 2.75) is 45.8 Å². The van der Waals surface area contributed by atoms with Gasteiger partial charge in [0.1, 0.15) is 13.2 Å². The first-order valence-corrected chi connectivity index (χ1v) is 7.73. The van der Waals surface area contributed by atoms with Gasteiger partial charge in [-0.3, -0.25) is 0 Å². The van der Waals surface area contributed by atoms with Crippen LogP contribution in [0.5, 0.6) is 11.5 Å². The fraction of sp³-hybridized carbons (Fsp3) is 0.647. The Morgan fingerprint density at radius 2 is 1.86 bits per heavy atom. The molecule has 2 rings (SSSR count). The van der Waals surface area contributed by atoms with Crippen molar-refractivity contribution in [1.29, 1.82) is 0 Å². The molecule has 1 aromatic rings. The molecule has 0 saturated carbocycles. The van der Waals surface area contributed by atoms with Gasteiger partial charge in [-0.1, -0.05) is 19.9 Å². The van der Waals surface area contributed by atoms with Gasteiger partial charge in [0.05, 0.1) is 5.60 Å². The fourth-order valence-electron chi connectivity index (χ4n) is 2.77. The Hall–Kier alpha value is -1.26. The average Bonchev–Trinajstić information content (AvgIpc) is 2.43. The van der Waals surface area contributed by atoms with Gasteiger partial charge in [-0.25, -0.2) is 0 Å². The molecule has 1 heterocycles. The van der Waals surface area contributed by atoms with Crippen LogP contribution in [0.2, 0.25) is 0 Å². The van der Waals surface area contributed by atoms with Crippen molar-refractivity contribution in [3.05, 3.63) is 23.8 Å².